The van der Waals surface area contributed by atoms with E-state index < -0.39 is 5.60 Å². The monoisotopic (exact) mass is 331 g/mol. The van der Waals surface area contributed by atoms with E-state index in [2.05, 4.69) is 38.1 Å². The van der Waals surface area contributed by atoms with E-state index in [1.165, 1.54) is 16.9 Å². The van der Waals surface area contributed by atoms with Gasteiger partial charge in [-0.1, -0.05) is 38.1 Å². The Morgan fingerprint density at radius 2 is 1.74 bits per heavy atom. The van der Waals surface area contributed by atoms with Crippen molar-refractivity contribution in [1.82, 2.24) is 0 Å². The van der Waals surface area contributed by atoms with Crippen LogP contribution in [0.2, 0.25) is 0 Å². The van der Waals surface area contributed by atoms with E-state index in [4.69, 9.17) is 10.5 Å². The highest BCUT2D eigenvalue weighted by molar-refractivity contribution is 7.16. The molecule has 0 amide bonds. The summed E-state index contributed by atoms with van der Waals surface area (Å²) in [5, 5.41) is 0.514. The van der Waals surface area contributed by atoms with Gasteiger partial charge in [-0.15, -0.1) is 11.3 Å². The van der Waals surface area contributed by atoms with Gasteiger partial charge in [-0.05, 0) is 44.7 Å². The molecule has 0 saturated heterocycles. The van der Waals surface area contributed by atoms with Gasteiger partial charge in [0.05, 0.1) is 0 Å². The number of hydrogen-bond donors (Lipinski definition) is 1. The first-order valence-corrected chi connectivity index (χ1v) is 8.64. The molecule has 2 aromatic rings. The Bertz CT molecular complexity index is 706. The minimum atomic E-state index is -0.544. The summed E-state index contributed by atoms with van der Waals surface area (Å²) in [7, 11) is 0. The second kappa shape index (κ2) is 6.36. The number of rotatable bonds is 3. The molecule has 1 aromatic heterocycles. The minimum absolute atomic E-state index is 0.359. The van der Waals surface area contributed by atoms with E-state index in [9.17, 15) is 4.79 Å². The number of ether oxygens (including phenoxy) is 1. The van der Waals surface area contributed by atoms with Gasteiger partial charge in [0.15, 0.2) is 0 Å². The lowest BCUT2D eigenvalue weighted by molar-refractivity contribution is 0.00721. The molecule has 4 heteroatoms. The normalized spacial score (nSPS) is 11.8. The van der Waals surface area contributed by atoms with E-state index in [1.807, 2.05) is 27.7 Å². The van der Waals surface area contributed by atoms with Crippen LogP contribution in [0.15, 0.2) is 24.3 Å². The zero-order valence-corrected chi connectivity index (χ0v) is 15.5. The van der Waals surface area contributed by atoms with Crippen LogP contribution >= 0.6 is 11.3 Å². The predicted octanol–water partition coefficient (Wildman–Crippen LogP) is 5.38. The zero-order valence-electron chi connectivity index (χ0n) is 14.7. The highest BCUT2D eigenvalue weighted by Gasteiger charge is 2.26. The van der Waals surface area contributed by atoms with Gasteiger partial charge in [0.1, 0.15) is 16.2 Å². The van der Waals surface area contributed by atoms with Crippen molar-refractivity contribution < 1.29 is 9.53 Å². The molecule has 2 N–H and O–H groups in total. The number of hydrogen-bond acceptors (Lipinski definition) is 4. The first kappa shape index (κ1) is 17.5. The van der Waals surface area contributed by atoms with E-state index >= 15 is 0 Å². The van der Waals surface area contributed by atoms with Crippen LogP contribution in [-0.2, 0) is 4.74 Å². The summed E-state index contributed by atoms with van der Waals surface area (Å²) in [6.07, 6.45) is 0. The minimum Gasteiger partial charge on any atom is -0.456 e. The summed E-state index contributed by atoms with van der Waals surface area (Å²) in [6.45, 7) is 11.9. The first-order valence-electron chi connectivity index (χ1n) is 7.82. The number of nitrogen functional groups attached to an aromatic ring is 1. The molecule has 0 atom stereocenters. The van der Waals surface area contributed by atoms with Gasteiger partial charge >= 0.3 is 5.97 Å². The molecule has 0 radical (unpaired) electrons. The van der Waals surface area contributed by atoms with Crippen LogP contribution in [0.5, 0.6) is 0 Å². The molecule has 3 nitrogen and oxygen atoms in total. The number of esters is 1. The van der Waals surface area contributed by atoms with Crippen LogP contribution in [0, 0.1) is 6.92 Å². The van der Waals surface area contributed by atoms with Crippen LogP contribution in [0.3, 0.4) is 0 Å². The molecule has 124 valence electrons. The van der Waals surface area contributed by atoms with E-state index in [0.29, 0.717) is 16.5 Å². The number of nitrogens with two attached hydrogens (primary N) is 1. The predicted molar refractivity (Wildman–Crippen MR) is 98.2 cm³/mol. The van der Waals surface area contributed by atoms with E-state index in [1.54, 1.807) is 0 Å². The number of carbonyl (C=O) groups excluding carboxylic acids is 1. The van der Waals surface area contributed by atoms with Crippen molar-refractivity contribution in [3.05, 3.63) is 40.3 Å². The smallest absolute Gasteiger partial charge is 0.342 e. The van der Waals surface area contributed by atoms with Gasteiger partial charge < -0.3 is 10.5 Å². The zero-order chi connectivity index (χ0) is 17.4. The molecular weight excluding hydrogens is 306 g/mol. The summed E-state index contributed by atoms with van der Waals surface area (Å²) in [5.41, 5.74) is 9.20. The molecule has 2 rings (SSSR count). The second-order valence-corrected chi connectivity index (χ2v) is 8.31. The summed E-state index contributed by atoms with van der Waals surface area (Å²) in [4.78, 5) is 13.6. The third-order valence-electron chi connectivity index (χ3n) is 3.58. The maximum absolute atomic E-state index is 12.6. The van der Waals surface area contributed by atoms with Crippen LogP contribution < -0.4 is 5.73 Å². The van der Waals surface area contributed by atoms with Crippen LogP contribution in [0.1, 0.15) is 61.3 Å². The summed E-state index contributed by atoms with van der Waals surface area (Å²) in [6, 6.07) is 8.31. The molecule has 0 aliphatic carbocycles. The average molecular weight is 331 g/mol. The lowest BCUT2D eigenvalue weighted by Gasteiger charge is -2.20. The Hall–Kier alpha value is -1.81. The lowest BCUT2D eigenvalue weighted by atomic mass is 9.97. The highest BCUT2D eigenvalue weighted by atomic mass is 32.1. The fourth-order valence-electron chi connectivity index (χ4n) is 2.48. The summed E-state index contributed by atoms with van der Waals surface area (Å²) < 4.78 is 5.53. The van der Waals surface area contributed by atoms with Crippen LogP contribution in [0.4, 0.5) is 5.00 Å². The van der Waals surface area contributed by atoms with Crippen molar-refractivity contribution >= 4 is 22.3 Å². The second-order valence-electron chi connectivity index (χ2n) is 7.05. The molecule has 1 aromatic carbocycles. The Morgan fingerprint density at radius 3 is 2.22 bits per heavy atom. The molecule has 0 saturated carbocycles. The van der Waals surface area contributed by atoms with Crippen LogP contribution in [0.25, 0.3) is 11.1 Å². The molecular formula is C19H25NO2S. The third-order valence-corrected chi connectivity index (χ3v) is 4.51. The first-order chi connectivity index (χ1) is 10.6. The van der Waals surface area contributed by atoms with Crippen molar-refractivity contribution in [2.24, 2.45) is 0 Å². The molecule has 0 bridgehead atoms. The third kappa shape index (κ3) is 3.94. The summed E-state index contributed by atoms with van der Waals surface area (Å²) in [5.74, 6) is 0.116. The van der Waals surface area contributed by atoms with Gasteiger partial charge in [0.2, 0.25) is 0 Å². The SMILES string of the molecule is Cc1sc(N)c(C(=O)OC(C)(C)C)c1-c1ccc(C(C)C)cc1. The highest BCUT2D eigenvalue weighted by Crippen LogP contribution is 2.39. The number of anilines is 1. The van der Waals surface area contributed by atoms with Crippen molar-refractivity contribution in [3.63, 3.8) is 0 Å². The molecule has 0 spiro atoms. The summed E-state index contributed by atoms with van der Waals surface area (Å²) >= 11 is 1.43. The van der Waals surface area contributed by atoms with Gasteiger partial charge in [0, 0.05) is 10.4 Å². The van der Waals surface area contributed by atoms with Crippen molar-refractivity contribution in [3.8, 4) is 11.1 Å². The Morgan fingerprint density at radius 1 is 1.17 bits per heavy atom. The number of thiophene rings is 1. The van der Waals surface area contributed by atoms with E-state index in [0.717, 1.165) is 16.0 Å². The maximum atomic E-state index is 12.6. The van der Waals surface area contributed by atoms with Crippen molar-refractivity contribution in [1.29, 1.82) is 0 Å². The Labute approximate surface area is 142 Å². The number of aryl methyl sites for hydroxylation is 1. The molecule has 1 heterocycles. The largest absolute Gasteiger partial charge is 0.456 e. The van der Waals surface area contributed by atoms with Gasteiger partial charge in [0.25, 0.3) is 0 Å². The van der Waals surface area contributed by atoms with Crippen molar-refractivity contribution in [2.45, 2.75) is 53.1 Å². The van der Waals surface area contributed by atoms with E-state index in [-0.39, 0.29) is 5.97 Å². The Kier molecular flexibility index (Phi) is 4.85. The molecule has 23 heavy (non-hydrogen) atoms. The molecule has 0 fully saturated rings. The topological polar surface area (TPSA) is 52.3 Å². The van der Waals surface area contributed by atoms with Gasteiger partial charge in [-0.25, -0.2) is 4.79 Å². The molecule has 0 unspecified atom stereocenters. The number of benzene rings is 1. The standard InChI is InChI=1S/C19H25NO2S/c1-11(2)13-7-9-14(10-8-13)15-12(3)23-17(20)16(15)18(21)22-19(4,5)6/h7-11H,20H2,1-6H3. The molecule has 0 aliphatic heterocycles. The average Bonchev–Trinajstić information content (AvgIpc) is 2.71. The lowest BCUT2D eigenvalue weighted by Crippen LogP contribution is -2.24. The fraction of sp³-hybridized carbons (Fsp3) is 0.421. The quantitative estimate of drug-likeness (QED) is 0.768. The fourth-order valence-corrected chi connectivity index (χ4v) is 3.42. The van der Waals surface area contributed by atoms with Gasteiger partial charge in [-0.2, -0.15) is 0 Å². The van der Waals surface area contributed by atoms with Crippen molar-refractivity contribution in [2.75, 3.05) is 5.73 Å². The molecule has 0 aliphatic rings. The maximum Gasteiger partial charge on any atom is 0.342 e. The van der Waals surface area contributed by atoms with Crippen LogP contribution in [-0.4, -0.2) is 11.6 Å². The Balaban J connectivity index is 2.48. The number of carbonyl (C=O) groups is 1. The van der Waals surface area contributed by atoms with Gasteiger partial charge in [-0.3, -0.25) is 0 Å².